The average Bonchev–Trinajstić information content (AvgIpc) is 3.19. The number of anilines is 1. The van der Waals surface area contributed by atoms with Crippen LogP contribution in [-0.4, -0.2) is 23.5 Å². The molecule has 3 N–H and O–H groups in total. The minimum atomic E-state index is -0.423. The van der Waals surface area contributed by atoms with Crippen LogP contribution in [0.5, 0.6) is 0 Å². The third-order valence-corrected chi connectivity index (χ3v) is 4.33. The second-order valence-electron chi connectivity index (χ2n) is 4.91. The normalized spacial score (nSPS) is 12.7. The van der Waals surface area contributed by atoms with Crippen LogP contribution in [0.4, 0.5) is 9.93 Å². The Morgan fingerprint density at radius 3 is 3.00 bits per heavy atom. The Labute approximate surface area is 131 Å². The smallest absolute Gasteiger partial charge is 0.315 e. The molecular weight excluding hydrogens is 304 g/mol. The van der Waals surface area contributed by atoms with Crippen molar-refractivity contribution in [2.45, 2.75) is 25.8 Å². The van der Waals surface area contributed by atoms with E-state index in [-0.39, 0.29) is 19.0 Å². The topological polar surface area (TPSA) is 96.3 Å². The van der Waals surface area contributed by atoms with E-state index in [4.69, 9.17) is 4.42 Å². The van der Waals surface area contributed by atoms with Crippen LogP contribution in [-0.2, 0) is 24.2 Å². The maximum atomic E-state index is 11.8. The summed E-state index contributed by atoms with van der Waals surface area (Å²) in [5.74, 6) is 0.359. The summed E-state index contributed by atoms with van der Waals surface area (Å²) in [6.45, 7) is 0.174. The molecule has 0 fully saturated rings. The third-order valence-electron chi connectivity index (χ3n) is 3.25. The molecule has 2 heterocycles. The first-order valence-electron chi connectivity index (χ1n) is 7.03. The Balaban J connectivity index is 1.39. The summed E-state index contributed by atoms with van der Waals surface area (Å²) in [5, 5.41) is 8.39. The van der Waals surface area contributed by atoms with Gasteiger partial charge in [-0.05, 0) is 31.4 Å². The predicted molar refractivity (Wildman–Crippen MR) is 81.7 cm³/mol. The number of urea groups is 1. The summed E-state index contributed by atoms with van der Waals surface area (Å²) in [6, 6.07) is 3.08. The van der Waals surface area contributed by atoms with Crippen molar-refractivity contribution in [2.75, 3.05) is 11.9 Å². The minimum Gasteiger partial charge on any atom is -0.467 e. The Bertz CT molecular complexity index is 644. The van der Waals surface area contributed by atoms with Crippen molar-refractivity contribution in [1.29, 1.82) is 0 Å². The molecular formula is C14H16N4O3S. The molecule has 3 amide bonds. The number of amides is 3. The first-order chi connectivity index (χ1) is 10.7. The fourth-order valence-corrected chi connectivity index (χ4v) is 3.28. The summed E-state index contributed by atoms with van der Waals surface area (Å²) in [5.41, 5.74) is 1.09. The number of nitrogens with one attached hydrogen (secondary N) is 3. The molecule has 22 heavy (non-hydrogen) atoms. The summed E-state index contributed by atoms with van der Waals surface area (Å²) in [7, 11) is 0. The van der Waals surface area contributed by atoms with Crippen molar-refractivity contribution in [3.8, 4) is 0 Å². The van der Waals surface area contributed by atoms with Crippen LogP contribution in [0, 0.1) is 0 Å². The van der Waals surface area contributed by atoms with Crippen LogP contribution in [0.2, 0.25) is 0 Å². The lowest BCUT2D eigenvalue weighted by Crippen LogP contribution is -2.39. The first-order valence-corrected chi connectivity index (χ1v) is 7.85. The number of carbonyl (C=O) groups excluding carboxylic acids is 2. The first kappa shape index (κ1) is 14.6. The molecule has 7 nitrogen and oxygen atoms in total. The van der Waals surface area contributed by atoms with Gasteiger partial charge in [-0.2, -0.15) is 0 Å². The molecule has 1 aliphatic rings. The molecule has 2 aromatic rings. The van der Waals surface area contributed by atoms with E-state index < -0.39 is 6.03 Å². The van der Waals surface area contributed by atoms with Gasteiger partial charge in [0.15, 0.2) is 5.13 Å². The highest BCUT2D eigenvalue weighted by molar-refractivity contribution is 7.15. The van der Waals surface area contributed by atoms with Crippen LogP contribution in [0.3, 0.4) is 0 Å². The van der Waals surface area contributed by atoms with E-state index in [0.29, 0.717) is 10.9 Å². The van der Waals surface area contributed by atoms with E-state index in [2.05, 4.69) is 20.9 Å². The van der Waals surface area contributed by atoms with E-state index >= 15 is 0 Å². The molecule has 8 heteroatoms. The van der Waals surface area contributed by atoms with Gasteiger partial charge in [-0.3, -0.25) is 4.79 Å². The summed E-state index contributed by atoms with van der Waals surface area (Å²) < 4.78 is 5.09. The number of aromatic nitrogens is 1. The highest BCUT2D eigenvalue weighted by atomic mass is 32.1. The van der Waals surface area contributed by atoms with Gasteiger partial charge in [-0.25, -0.2) is 9.78 Å². The Morgan fingerprint density at radius 2 is 2.23 bits per heavy atom. The molecule has 0 saturated carbocycles. The fraction of sp³-hybridized carbons (Fsp3) is 0.357. The van der Waals surface area contributed by atoms with Crippen molar-refractivity contribution >= 4 is 28.4 Å². The van der Waals surface area contributed by atoms with E-state index in [1.165, 1.54) is 22.5 Å². The minimum absolute atomic E-state index is 0.103. The number of fused-ring (bicyclic) bond motifs is 1. The van der Waals surface area contributed by atoms with Gasteiger partial charge in [-0.1, -0.05) is 0 Å². The average molecular weight is 320 g/mol. The quantitative estimate of drug-likeness (QED) is 0.780. The Morgan fingerprint density at radius 1 is 1.32 bits per heavy atom. The number of rotatable bonds is 5. The Kier molecular flexibility index (Phi) is 4.38. The van der Waals surface area contributed by atoms with Gasteiger partial charge in [0.2, 0.25) is 5.91 Å². The zero-order valence-electron chi connectivity index (χ0n) is 11.8. The lowest BCUT2D eigenvalue weighted by atomic mass is 10.4. The van der Waals surface area contributed by atoms with Crippen LogP contribution in [0.1, 0.15) is 22.8 Å². The van der Waals surface area contributed by atoms with Gasteiger partial charge >= 0.3 is 6.03 Å². The van der Waals surface area contributed by atoms with Crippen LogP contribution in [0.25, 0.3) is 0 Å². The van der Waals surface area contributed by atoms with E-state index in [1.807, 2.05) is 0 Å². The summed E-state index contributed by atoms with van der Waals surface area (Å²) >= 11 is 1.51. The summed E-state index contributed by atoms with van der Waals surface area (Å²) in [4.78, 5) is 28.9. The summed E-state index contributed by atoms with van der Waals surface area (Å²) in [6.07, 6.45) is 4.69. The fourth-order valence-electron chi connectivity index (χ4n) is 2.21. The van der Waals surface area contributed by atoms with Gasteiger partial charge < -0.3 is 20.4 Å². The number of carbonyl (C=O) groups is 2. The Hall–Kier alpha value is -2.35. The molecule has 0 bridgehead atoms. The molecule has 2 aromatic heterocycles. The van der Waals surface area contributed by atoms with Gasteiger partial charge in [0, 0.05) is 4.88 Å². The maximum absolute atomic E-state index is 11.8. The lowest BCUT2D eigenvalue weighted by Gasteiger charge is -2.06. The van der Waals surface area contributed by atoms with E-state index in [1.54, 1.807) is 12.1 Å². The van der Waals surface area contributed by atoms with Gasteiger partial charge in [0.05, 0.1) is 25.0 Å². The van der Waals surface area contributed by atoms with Crippen LogP contribution >= 0.6 is 11.3 Å². The molecule has 0 atom stereocenters. The second kappa shape index (κ2) is 6.61. The highest BCUT2D eigenvalue weighted by Crippen LogP contribution is 2.30. The van der Waals surface area contributed by atoms with Gasteiger partial charge in [0.1, 0.15) is 5.76 Å². The predicted octanol–water partition coefficient (Wildman–Crippen LogP) is 1.66. The SMILES string of the molecule is O=C(CNC(=O)NCc1ccco1)Nc1nc2c(s1)CCC2. The molecule has 0 unspecified atom stereocenters. The number of thiazole rings is 1. The standard InChI is InChI=1S/C14H16N4O3S/c19-12(18-14-17-10-4-1-5-11(10)22-14)8-16-13(20)15-7-9-3-2-6-21-9/h2-3,6H,1,4-5,7-8H2,(H2,15,16,20)(H,17,18,19). The van der Waals surface area contributed by atoms with E-state index in [0.717, 1.165) is 25.0 Å². The third kappa shape index (κ3) is 3.64. The van der Waals surface area contributed by atoms with Crippen molar-refractivity contribution in [3.63, 3.8) is 0 Å². The largest absolute Gasteiger partial charge is 0.467 e. The molecule has 3 rings (SSSR count). The maximum Gasteiger partial charge on any atom is 0.315 e. The van der Waals surface area contributed by atoms with Crippen molar-refractivity contribution in [2.24, 2.45) is 0 Å². The number of nitrogens with zero attached hydrogens (tertiary/aromatic N) is 1. The van der Waals surface area contributed by atoms with Crippen molar-refractivity contribution in [1.82, 2.24) is 15.6 Å². The van der Waals surface area contributed by atoms with Crippen molar-refractivity contribution < 1.29 is 14.0 Å². The lowest BCUT2D eigenvalue weighted by molar-refractivity contribution is -0.115. The molecule has 0 spiro atoms. The van der Waals surface area contributed by atoms with E-state index in [9.17, 15) is 9.59 Å². The van der Waals surface area contributed by atoms with Crippen molar-refractivity contribution in [3.05, 3.63) is 34.7 Å². The number of furan rings is 1. The molecule has 0 radical (unpaired) electrons. The second-order valence-corrected chi connectivity index (χ2v) is 5.99. The van der Waals surface area contributed by atoms with Crippen LogP contribution in [0.15, 0.2) is 22.8 Å². The highest BCUT2D eigenvalue weighted by Gasteiger charge is 2.17. The number of hydrogen-bond acceptors (Lipinski definition) is 5. The molecule has 0 saturated heterocycles. The van der Waals surface area contributed by atoms with Gasteiger partial charge in [0.25, 0.3) is 0 Å². The van der Waals surface area contributed by atoms with Gasteiger partial charge in [-0.15, -0.1) is 11.3 Å². The zero-order valence-corrected chi connectivity index (χ0v) is 12.7. The van der Waals surface area contributed by atoms with Crippen LogP contribution < -0.4 is 16.0 Å². The molecule has 1 aliphatic carbocycles. The molecule has 0 aliphatic heterocycles. The number of aryl methyl sites for hydroxylation is 2. The monoisotopic (exact) mass is 320 g/mol. The molecule has 0 aromatic carbocycles. The number of hydrogen-bond donors (Lipinski definition) is 3. The molecule has 116 valence electrons. The zero-order chi connectivity index (χ0) is 15.4.